The summed E-state index contributed by atoms with van der Waals surface area (Å²) in [6.45, 7) is 6.73. The number of halogens is 2. The van der Waals surface area contributed by atoms with Crippen molar-refractivity contribution >= 4 is 39.1 Å². The van der Waals surface area contributed by atoms with Crippen molar-refractivity contribution in [3.05, 3.63) is 68.7 Å². The topological polar surface area (TPSA) is 66.5 Å². The van der Waals surface area contributed by atoms with E-state index in [0.29, 0.717) is 41.5 Å². The molecular weight excluding hydrogens is 455 g/mol. The summed E-state index contributed by atoms with van der Waals surface area (Å²) in [5.74, 6) is -0.344. The first-order valence-corrected chi connectivity index (χ1v) is 12.7. The van der Waals surface area contributed by atoms with Crippen LogP contribution in [0.25, 0.3) is 0 Å². The Bertz CT molecular complexity index is 1060. The number of hydrogen-bond acceptors (Lipinski definition) is 3. The van der Waals surface area contributed by atoms with Gasteiger partial charge < -0.3 is 5.32 Å². The minimum absolute atomic E-state index is 0.0194. The number of nitrogens with zero attached hydrogens (tertiary/aromatic N) is 1. The van der Waals surface area contributed by atoms with E-state index in [9.17, 15) is 13.2 Å². The van der Waals surface area contributed by atoms with Crippen molar-refractivity contribution in [3.63, 3.8) is 0 Å². The minimum atomic E-state index is -3.49. The Hall–Kier alpha value is -1.60. The van der Waals surface area contributed by atoms with Crippen molar-refractivity contribution in [2.24, 2.45) is 5.92 Å². The lowest BCUT2D eigenvalue weighted by atomic mass is 9.95. The minimum Gasteiger partial charge on any atom is -0.349 e. The molecule has 5 nitrogen and oxygen atoms in total. The summed E-state index contributed by atoms with van der Waals surface area (Å²) in [5.41, 5.74) is 4.03. The average molecular weight is 483 g/mol. The fraction of sp³-hybridized carbons (Fsp3) is 0.435. The molecule has 0 spiro atoms. The summed E-state index contributed by atoms with van der Waals surface area (Å²) in [4.78, 5) is 12.8. The Morgan fingerprint density at radius 2 is 1.77 bits per heavy atom. The highest BCUT2D eigenvalue weighted by atomic mass is 35.5. The van der Waals surface area contributed by atoms with Crippen molar-refractivity contribution in [2.45, 2.75) is 45.4 Å². The molecule has 0 radical (unpaired) electrons. The number of sulfonamides is 1. The zero-order valence-corrected chi connectivity index (χ0v) is 20.3. The van der Waals surface area contributed by atoms with Crippen LogP contribution < -0.4 is 5.32 Å². The fourth-order valence-corrected chi connectivity index (χ4v) is 5.92. The van der Waals surface area contributed by atoms with Gasteiger partial charge in [0.05, 0.1) is 21.8 Å². The lowest BCUT2D eigenvalue weighted by Crippen LogP contribution is -2.43. The summed E-state index contributed by atoms with van der Waals surface area (Å²) in [6, 6.07) is 11.0. The fourth-order valence-electron chi connectivity index (χ4n) is 4.05. The molecule has 1 heterocycles. The SMILES string of the molecule is Cc1ccc(C(C)NC(=O)C2CCN(S(=O)(=O)Cc3ccc(Cl)c(Cl)c3)CC2)c(C)c1. The first-order valence-electron chi connectivity index (χ1n) is 10.4. The number of carbonyl (C=O) groups excluding carboxylic acids is 1. The number of carbonyl (C=O) groups is 1. The number of hydrogen-bond donors (Lipinski definition) is 1. The van der Waals surface area contributed by atoms with Crippen LogP contribution in [0.3, 0.4) is 0 Å². The molecule has 1 aliphatic rings. The molecule has 1 aliphatic heterocycles. The second kappa shape index (κ2) is 9.90. The van der Waals surface area contributed by atoms with Crippen LogP contribution in [0, 0.1) is 19.8 Å². The smallest absolute Gasteiger partial charge is 0.223 e. The number of aryl methyl sites for hydroxylation is 2. The van der Waals surface area contributed by atoms with E-state index < -0.39 is 10.0 Å². The molecular formula is C23H28Cl2N2O3S. The number of amides is 1. The van der Waals surface area contributed by atoms with E-state index in [1.165, 1.54) is 9.87 Å². The first kappa shape index (κ1) is 24.1. The van der Waals surface area contributed by atoms with Gasteiger partial charge in [0, 0.05) is 19.0 Å². The van der Waals surface area contributed by atoms with Gasteiger partial charge in [-0.1, -0.05) is 53.0 Å². The van der Waals surface area contributed by atoms with E-state index in [4.69, 9.17) is 23.2 Å². The van der Waals surface area contributed by atoms with Crippen molar-refractivity contribution in [1.82, 2.24) is 9.62 Å². The molecule has 1 fully saturated rings. The van der Waals surface area contributed by atoms with Gasteiger partial charge in [-0.25, -0.2) is 12.7 Å². The highest BCUT2D eigenvalue weighted by Gasteiger charge is 2.31. The van der Waals surface area contributed by atoms with Crippen molar-refractivity contribution in [3.8, 4) is 0 Å². The van der Waals surface area contributed by atoms with Gasteiger partial charge in [0.25, 0.3) is 0 Å². The molecule has 31 heavy (non-hydrogen) atoms. The summed E-state index contributed by atoms with van der Waals surface area (Å²) in [6.07, 6.45) is 1.01. The van der Waals surface area contributed by atoms with E-state index in [2.05, 4.69) is 11.4 Å². The van der Waals surface area contributed by atoms with Gasteiger partial charge in [-0.05, 0) is 62.4 Å². The van der Waals surface area contributed by atoms with Gasteiger partial charge >= 0.3 is 0 Å². The largest absolute Gasteiger partial charge is 0.349 e. The van der Waals surface area contributed by atoms with E-state index in [1.807, 2.05) is 32.9 Å². The number of nitrogens with one attached hydrogen (secondary N) is 1. The Morgan fingerprint density at radius 1 is 1.10 bits per heavy atom. The molecule has 1 saturated heterocycles. The van der Waals surface area contributed by atoms with Gasteiger partial charge in [0.2, 0.25) is 15.9 Å². The molecule has 3 rings (SSSR count). The van der Waals surface area contributed by atoms with Crippen LogP contribution >= 0.6 is 23.2 Å². The van der Waals surface area contributed by atoms with E-state index in [1.54, 1.807) is 18.2 Å². The van der Waals surface area contributed by atoms with Gasteiger partial charge in [-0.3, -0.25) is 4.79 Å². The zero-order valence-electron chi connectivity index (χ0n) is 18.0. The quantitative estimate of drug-likeness (QED) is 0.627. The third kappa shape index (κ3) is 6.01. The van der Waals surface area contributed by atoms with E-state index in [-0.39, 0.29) is 23.6 Å². The van der Waals surface area contributed by atoms with Crippen LogP contribution in [0.1, 0.15) is 48.1 Å². The van der Waals surface area contributed by atoms with Gasteiger partial charge in [-0.15, -0.1) is 0 Å². The average Bonchev–Trinajstić information content (AvgIpc) is 2.70. The maximum Gasteiger partial charge on any atom is 0.223 e. The third-order valence-electron chi connectivity index (χ3n) is 5.80. The molecule has 1 N–H and O–H groups in total. The molecule has 1 unspecified atom stereocenters. The highest BCUT2D eigenvalue weighted by molar-refractivity contribution is 7.88. The molecule has 168 valence electrons. The monoisotopic (exact) mass is 482 g/mol. The molecule has 1 atom stereocenters. The van der Waals surface area contributed by atoms with Crippen molar-refractivity contribution < 1.29 is 13.2 Å². The molecule has 1 amide bonds. The lowest BCUT2D eigenvalue weighted by Gasteiger charge is -2.31. The van der Waals surface area contributed by atoms with Crippen molar-refractivity contribution in [2.75, 3.05) is 13.1 Å². The summed E-state index contributed by atoms with van der Waals surface area (Å²) >= 11 is 11.9. The third-order valence-corrected chi connectivity index (χ3v) is 8.39. The summed E-state index contributed by atoms with van der Waals surface area (Å²) in [7, 11) is -3.49. The predicted molar refractivity (Wildman–Crippen MR) is 126 cm³/mol. The van der Waals surface area contributed by atoms with Crippen LogP contribution in [0.2, 0.25) is 10.0 Å². The lowest BCUT2D eigenvalue weighted by molar-refractivity contribution is -0.126. The second-order valence-corrected chi connectivity index (χ2v) is 11.1. The van der Waals surface area contributed by atoms with E-state index in [0.717, 1.165) is 11.1 Å². The van der Waals surface area contributed by atoms with Gasteiger partial charge in [-0.2, -0.15) is 0 Å². The maximum atomic E-state index is 12.8. The molecule has 2 aromatic carbocycles. The highest BCUT2D eigenvalue weighted by Crippen LogP contribution is 2.27. The number of piperidine rings is 1. The second-order valence-electron chi connectivity index (χ2n) is 8.27. The van der Waals surface area contributed by atoms with Gasteiger partial charge in [0.1, 0.15) is 0 Å². The molecule has 0 aromatic heterocycles. The molecule has 8 heteroatoms. The van der Waals surface area contributed by atoms with Crippen LogP contribution in [0.5, 0.6) is 0 Å². The predicted octanol–water partition coefficient (Wildman–Crippen LogP) is 5.03. The molecule has 0 aliphatic carbocycles. The zero-order chi connectivity index (χ0) is 22.8. The van der Waals surface area contributed by atoms with Crippen LogP contribution in [-0.2, 0) is 20.6 Å². The molecule has 2 aromatic rings. The normalized spacial score (nSPS) is 16.8. The van der Waals surface area contributed by atoms with Gasteiger partial charge in [0.15, 0.2) is 0 Å². The van der Waals surface area contributed by atoms with Crippen LogP contribution in [-0.4, -0.2) is 31.7 Å². The van der Waals surface area contributed by atoms with Crippen LogP contribution in [0.4, 0.5) is 0 Å². The number of rotatable bonds is 6. The molecule has 0 saturated carbocycles. The standard InChI is InChI=1S/C23H28Cl2N2O3S/c1-15-4-6-20(16(2)12-15)17(3)26-23(28)19-8-10-27(11-9-19)31(29,30)14-18-5-7-21(24)22(25)13-18/h4-7,12-13,17,19H,8-11,14H2,1-3H3,(H,26,28). The Kier molecular flexibility index (Phi) is 7.68. The molecule has 0 bridgehead atoms. The Balaban J connectivity index is 1.56. The van der Waals surface area contributed by atoms with Crippen LogP contribution in [0.15, 0.2) is 36.4 Å². The Labute approximate surface area is 194 Å². The van der Waals surface area contributed by atoms with Crippen molar-refractivity contribution in [1.29, 1.82) is 0 Å². The first-order chi connectivity index (χ1) is 14.6. The summed E-state index contributed by atoms with van der Waals surface area (Å²) < 4.78 is 27.1. The van der Waals surface area contributed by atoms with E-state index >= 15 is 0 Å². The number of benzene rings is 2. The Morgan fingerprint density at radius 3 is 2.39 bits per heavy atom. The maximum absolute atomic E-state index is 12.8. The summed E-state index contributed by atoms with van der Waals surface area (Å²) in [5, 5.41) is 3.83.